The third kappa shape index (κ3) is 14.0. The van der Waals surface area contributed by atoms with Crippen LogP contribution in [0, 0.1) is 5.92 Å². The third-order valence-corrected chi connectivity index (χ3v) is 7.90. The van der Waals surface area contributed by atoms with Crippen molar-refractivity contribution in [3.63, 3.8) is 0 Å². The number of fused-ring (bicyclic) bond motifs is 2. The standard InChI is InChI=1S/C32H52N10O8/c1-18(2)27-31(50)42(3)23(8-7-11-36-32(34)35)30(49)38-17-25(44)40-22(15-26(45)46)29(48)37-16-19-12-20(28(47)41-27)14-21(13-19)39-24(43)9-5-4-6-10-33/h12-14,18,22-23,26-27,45-46H,4-11,15-17,33H2,1-3H3,(H,37,48)(H,38,49)(H,39,43)(H,40,44)(H,41,47)(H4,34,35,36)/t22-,23-,27+/m0/s1. The van der Waals surface area contributed by atoms with Gasteiger partial charge in [-0.05, 0) is 61.9 Å². The summed E-state index contributed by atoms with van der Waals surface area (Å²) in [6.45, 7) is 3.34. The van der Waals surface area contributed by atoms with Crippen LogP contribution in [-0.2, 0) is 30.5 Å². The fourth-order valence-corrected chi connectivity index (χ4v) is 5.22. The lowest BCUT2D eigenvalue weighted by Gasteiger charge is -2.32. The van der Waals surface area contributed by atoms with E-state index in [0.717, 1.165) is 12.8 Å². The van der Waals surface area contributed by atoms with Crippen LogP contribution in [0.2, 0.25) is 0 Å². The fourth-order valence-electron chi connectivity index (χ4n) is 5.22. The van der Waals surface area contributed by atoms with Crippen LogP contribution < -0.4 is 43.8 Å². The summed E-state index contributed by atoms with van der Waals surface area (Å²) in [4.78, 5) is 84.7. The van der Waals surface area contributed by atoms with Gasteiger partial charge in [0.2, 0.25) is 29.5 Å². The van der Waals surface area contributed by atoms with Crippen LogP contribution >= 0.6 is 0 Å². The number of aliphatic hydroxyl groups excluding tert-OH is 1. The summed E-state index contributed by atoms with van der Waals surface area (Å²) < 4.78 is 0. The van der Waals surface area contributed by atoms with Gasteiger partial charge in [0.1, 0.15) is 18.1 Å². The summed E-state index contributed by atoms with van der Waals surface area (Å²) in [5, 5.41) is 32.1. The van der Waals surface area contributed by atoms with Gasteiger partial charge in [0.15, 0.2) is 12.2 Å². The van der Waals surface area contributed by atoms with Crippen molar-refractivity contribution in [3.8, 4) is 0 Å². The highest BCUT2D eigenvalue weighted by Crippen LogP contribution is 2.19. The number of nitrogens with two attached hydrogens (primary N) is 3. The monoisotopic (exact) mass is 704 g/mol. The van der Waals surface area contributed by atoms with Gasteiger partial charge >= 0.3 is 0 Å². The fraction of sp³-hybridized carbons (Fsp3) is 0.594. The molecule has 3 atom stereocenters. The van der Waals surface area contributed by atoms with Gasteiger partial charge in [0.05, 0.1) is 6.54 Å². The predicted octanol–water partition coefficient (Wildman–Crippen LogP) is -2.29. The first kappa shape index (κ1) is 41.4. The number of hydrogen-bond donors (Lipinski definition) is 10. The maximum absolute atomic E-state index is 13.9. The molecule has 278 valence electrons. The minimum Gasteiger partial charge on any atom is -0.370 e. The second-order valence-electron chi connectivity index (χ2n) is 12.4. The Morgan fingerprint density at radius 2 is 1.68 bits per heavy atom. The number of carbonyl (C=O) groups excluding carboxylic acids is 6. The summed E-state index contributed by atoms with van der Waals surface area (Å²) >= 11 is 0. The quantitative estimate of drug-likeness (QED) is 0.0451. The lowest BCUT2D eigenvalue weighted by atomic mass is 9.99. The molecule has 0 aromatic heterocycles. The van der Waals surface area contributed by atoms with E-state index in [1.165, 1.54) is 24.1 Å². The Balaban J connectivity index is 2.54. The van der Waals surface area contributed by atoms with Crippen LogP contribution in [0.15, 0.2) is 23.2 Å². The molecule has 2 bridgehead atoms. The van der Waals surface area contributed by atoms with Crippen LogP contribution in [0.4, 0.5) is 5.69 Å². The molecule has 18 nitrogen and oxygen atoms in total. The van der Waals surface area contributed by atoms with Crippen LogP contribution in [-0.4, -0.2) is 108 Å². The number of guanidine groups is 1. The largest absolute Gasteiger partial charge is 0.370 e. The van der Waals surface area contributed by atoms with Crippen LogP contribution in [0.1, 0.15) is 74.7 Å². The molecule has 1 heterocycles. The van der Waals surface area contributed by atoms with Crippen molar-refractivity contribution in [1.82, 2.24) is 26.2 Å². The molecule has 6 amide bonds. The number of nitrogens with one attached hydrogen (secondary N) is 5. The Bertz CT molecular complexity index is 1380. The van der Waals surface area contributed by atoms with Crippen LogP contribution in [0.3, 0.4) is 0 Å². The zero-order valence-electron chi connectivity index (χ0n) is 28.9. The van der Waals surface area contributed by atoms with E-state index < -0.39 is 72.8 Å². The number of anilines is 1. The van der Waals surface area contributed by atoms with E-state index in [2.05, 4.69) is 31.6 Å². The summed E-state index contributed by atoms with van der Waals surface area (Å²) in [7, 11) is 1.40. The number of likely N-dealkylation sites (N-methyl/N-ethyl adjacent to an activating group) is 1. The first-order valence-corrected chi connectivity index (χ1v) is 16.6. The van der Waals surface area contributed by atoms with Gasteiger partial charge in [-0.2, -0.15) is 0 Å². The van der Waals surface area contributed by atoms with Crippen molar-refractivity contribution in [2.24, 2.45) is 28.1 Å². The average Bonchev–Trinajstić information content (AvgIpc) is 3.05. The van der Waals surface area contributed by atoms with E-state index >= 15 is 0 Å². The van der Waals surface area contributed by atoms with Gasteiger partial charge in [0, 0.05) is 44.2 Å². The van der Waals surface area contributed by atoms with Gasteiger partial charge in [-0.3, -0.25) is 33.8 Å². The van der Waals surface area contributed by atoms with Crippen molar-refractivity contribution in [1.29, 1.82) is 0 Å². The van der Waals surface area contributed by atoms with Crippen molar-refractivity contribution in [3.05, 3.63) is 29.3 Å². The first-order valence-electron chi connectivity index (χ1n) is 16.6. The molecule has 1 aromatic carbocycles. The molecule has 13 N–H and O–H groups in total. The Labute approximate surface area is 291 Å². The average molecular weight is 705 g/mol. The molecule has 0 fully saturated rings. The summed E-state index contributed by atoms with van der Waals surface area (Å²) in [6.07, 6.45) is 0.200. The maximum atomic E-state index is 13.9. The number of aliphatic hydroxyl groups is 2. The number of benzene rings is 1. The minimum absolute atomic E-state index is 0.0690. The molecule has 0 aliphatic carbocycles. The predicted molar refractivity (Wildman–Crippen MR) is 185 cm³/mol. The highest BCUT2D eigenvalue weighted by Gasteiger charge is 2.34. The van der Waals surface area contributed by atoms with E-state index in [9.17, 15) is 39.0 Å². The Morgan fingerprint density at radius 1 is 0.980 bits per heavy atom. The molecular weight excluding hydrogens is 652 g/mol. The number of nitrogens with zero attached hydrogens (tertiary/aromatic N) is 2. The van der Waals surface area contributed by atoms with Crippen molar-refractivity contribution >= 4 is 47.1 Å². The maximum Gasteiger partial charge on any atom is 0.252 e. The zero-order valence-corrected chi connectivity index (χ0v) is 28.9. The highest BCUT2D eigenvalue weighted by atomic mass is 16.5. The molecule has 2 rings (SSSR count). The van der Waals surface area contributed by atoms with Gasteiger partial charge < -0.3 is 58.9 Å². The molecule has 0 saturated heterocycles. The molecule has 0 spiro atoms. The Kier molecular flexibility index (Phi) is 17.1. The normalized spacial score (nSPS) is 19.6. The van der Waals surface area contributed by atoms with Gasteiger partial charge in [-0.25, -0.2) is 0 Å². The number of unbranched alkanes of at least 4 members (excludes halogenated alkanes) is 2. The molecule has 1 aromatic rings. The molecule has 0 saturated carbocycles. The Hall–Kier alpha value is -4.81. The summed E-state index contributed by atoms with van der Waals surface area (Å²) in [6, 6.07) is 0.850. The Morgan fingerprint density at radius 3 is 2.32 bits per heavy atom. The zero-order chi connectivity index (χ0) is 37.4. The number of rotatable bonds is 13. The highest BCUT2D eigenvalue weighted by molar-refractivity contribution is 6.00. The molecule has 0 unspecified atom stereocenters. The summed E-state index contributed by atoms with van der Waals surface area (Å²) in [5.74, 6) is -4.39. The van der Waals surface area contributed by atoms with E-state index in [-0.39, 0.29) is 55.5 Å². The second-order valence-corrected chi connectivity index (χ2v) is 12.4. The molecule has 0 radical (unpaired) electrons. The minimum atomic E-state index is -1.96. The SMILES string of the molecule is CC(C)[C@H]1NC(=O)c2cc(cc(NC(=O)CCCCCN)c2)CNC(=O)[C@H](CC(O)O)NC(=O)CNC(=O)[C@H](CCCN=C(N)N)N(C)C1=O. The summed E-state index contributed by atoms with van der Waals surface area (Å²) in [5.41, 5.74) is 17.1. The second kappa shape index (κ2) is 20.6. The first-order chi connectivity index (χ1) is 23.6. The lowest BCUT2D eigenvalue weighted by Crippen LogP contribution is -2.57. The van der Waals surface area contributed by atoms with Gasteiger partial charge in [0.25, 0.3) is 5.91 Å². The molecular formula is C32H52N10O8. The van der Waals surface area contributed by atoms with Crippen molar-refractivity contribution in [2.45, 2.75) is 89.8 Å². The van der Waals surface area contributed by atoms with Crippen molar-refractivity contribution < 1.29 is 39.0 Å². The number of aliphatic imine (C=N–C) groups is 1. The van der Waals surface area contributed by atoms with E-state index in [0.29, 0.717) is 18.5 Å². The number of amides is 6. The van der Waals surface area contributed by atoms with Gasteiger partial charge in [-0.15, -0.1) is 0 Å². The molecule has 50 heavy (non-hydrogen) atoms. The van der Waals surface area contributed by atoms with Crippen LogP contribution in [0.5, 0.6) is 0 Å². The van der Waals surface area contributed by atoms with E-state index in [1.807, 2.05) is 0 Å². The van der Waals surface area contributed by atoms with E-state index in [1.54, 1.807) is 19.9 Å². The molecule has 18 heteroatoms. The van der Waals surface area contributed by atoms with Gasteiger partial charge in [-0.1, -0.05) is 20.3 Å². The van der Waals surface area contributed by atoms with Crippen LogP contribution in [0.25, 0.3) is 0 Å². The molecule has 1 aliphatic heterocycles. The number of carbonyl (C=O) groups is 6. The topological polar surface area (TPSA) is 297 Å². The van der Waals surface area contributed by atoms with E-state index in [4.69, 9.17) is 17.2 Å². The smallest absolute Gasteiger partial charge is 0.252 e. The number of hydrogen-bond acceptors (Lipinski definition) is 10. The molecule has 1 aliphatic rings. The third-order valence-electron chi connectivity index (χ3n) is 7.90. The lowest BCUT2D eigenvalue weighted by molar-refractivity contribution is -0.141. The van der Waals surface area contributed by atoms with Crippen molar-refractivity contribution in [2.75, 3.05) is 32.0 Å².